The van der Waals surface area contributed by atoms with Crippen LogP contribution in [0.4, 0.5) is 0 Å². The first-order valence-electron chi connectivity index (χ1n) is 5.93. The van der Waals surface area contributed by atoms with Crippen LogP contribution in [0.15, 0.2) is 23.4 Å². The monoisotopic (exact) mass is 236 g/mol. The molecule has 0 spiro atoms. The Morgan fingerprint density at radius 2 is 2.19 bits per heavy atom. The molecule has 1 aromatic rings. The first-order chi connectivity index (χ1) is 7.54. The van der Waals surface area contributed by atoms with Crippen LogP contribution in [0.5, 0.6) is 0 Å². The van der Waals surface area contributed by atoms with Crippen molar-refractivity contribution in [3.63, 3.8) is 0 Å². The second-order valence-electron chi connectivity index (χ2n) is 5.29. The maximum atomic E-state index is 4.53. The average molecular weight is 236 g/mol. The molecule has 88 valence electrons. The molecule has 2 heterocycles. The van der Waals surface area contributed by atoms with Crippen molar-refractivity contribution in [2.45, 2.75) is 49.4 Å². The van der Waals surface area contributed by atoms with Crippen molar-refractivity contribution in [1.82, 2.24) is 10.3 Å². The van der Waals surface area contributed by atoms with Crippen LogP contribution in [0.2, 0.25) is 0 Å². The highest BCUT2D eigenvalue weighted by Crippen LogP contribution is 2.31. The molecule has 0 aromatic carbocycles. The van der Waals surface area contributed by atoms with Crippen molar-refractivity contribution in [3.05, 3.63) is 23.9 Å². The molecule has 1 aromatic heterocycles. The predicted molar refractivity (Wildman–Crippen MR) is 69.8 cm³/mol. The van der Waals surface area contributed by atoms with Gasteiger partial charge in [0.05, 0.1) is 5.03 Å². The van der Waals surface area contributed by atoms with Gasteiger partial charge in [-0.25, -0.2) is 4.98 Å². The molecule has 1 saturated heterocycles. The van der Waals surface area contributed by atoms with Crippen molar-refractivity contribution >= 4 is 11.8 Å². The summed E-state index contributed by atoms with van der Waals surface area (Å²) in [6, 6.07) is 4.89. The van der Waals surface area contributed by atoms with Crippen LogP contribution in [0, 0.1) is 0 Å². The number of nitrogens with zero attached hydrogens (tertiary/aromatic N) is 1. The smallest absolute Gasteiger partial charge is 0.0965 e. The van der Waals surface area contributed by atoms with Gasteiger partial charge in [-0.3, -0.25) is 0 Å². The summed E-state index contributed by atoms with van der Waals surface area (Å²) in [4.78, 5) is 4.53. The number of rotatable bonds is 2. The van der Waals surface area contributed by atoms with Crippen molar-refractivity contribution < 1.29 is 0 Å². The van der Waals surface area contributed by atoms with E-state index in [0.717, 1.165) is 11.6 Å². The van der Waals surface area contributed by atoms with E-state index in [0.29, 0.717) is 6.04 Å². The summed E-state index contributed by atoms with van der Waals surface area (Å²) in [6.45, 7) is 7.78. The Balaban J connectivity index is 2.04. The van der Waals surface area contributed by atoms with Crippen LogP contribution in [0.25, 0.3) is 0 Å². The lowest BCUT2D eigenvalue weighted by Gasteiger charge is -2.17. The Kier molecular flexibility index (Phi) is 3.55. The van der Waals surface area contributed by atoms with Gasteiger partial charge in [0.1, 0.15) is 0 Å². The third-order valence-electron chi connectivity index (χ3n) is 2.63. The SMILES string of the molecule is CC(C)(C)Sc1ccc([C@@H]2CCCN2)cn1. The van der Waals surface area contributed by atoms with Gasteiger partial charge in [0.15, 0.2) is 0 Å². The van der Waals surface area contributed by atoms with Gasteiger partial charge in [-0.05, 0) is 31.0 Å². The molecule has 1 atom stereocenters. The molecule has 1 aliphatic heterocycles. The third-order valence-corrected chi connectivity index (χ3v) is 3.70. The number of pyridine rings is 1. The van der Waals surface area contributed by atoms with Crippen LogP contribution in [-0.2, 0) is 0 Å². The molecule has 16 heavy (non-hydrogen) atoms. The molecule has 1 N–H and O–H groups in total. The van der Waals surface area contributed by atoms with Crippen LogP contribution in [0.3, 0.4) is 0 Å². The van der Waals surface area contributed by atoms with Gasteiger partial charge in [0, 0.05) is 17.0 Å². The van der Waals surface area contributed by atoms with E-state index in [1.54, 1.807) is 0 Å². The maximum Gasteiger partial charge on any atom is 0.0965 e. The Hall–Kier alpha value is -0.540. The molecular weight excluding hydrogens is 216 g/mol. The molecule has 2 rings (SSSR count). The highest BCUT2D eigenvalue weighted by atomic mass is 32.2. The van der Waals surface area contributed by atoms with Crippen LogP contribution in [0.1, 0.15) is 45.2 Å². The quantitative estimate of drug-likeness (QED) is 0.797. The fraction of sp³-hybridized carbons (Fsp3) is 0.615. The summed E-state index contributed by atoms with van der Waals surface area (Å²) >= 11 is 1.82. The molecule has 2 nitrogen and oxygen atoms in total. The molecule has 1 aliphatic rings. The predicted octanol–water partition coefficient (Wildman–Crippen LogP) is 3.40. The summed E-state index contributed by atoms with van der Waals surface area (Å²) in [7, 11) is 0. The highest BCUT2D eigenvalue weighted by Gasteiger charge is 2.17. The van der Waals surface area contributed by atoms with Crippen molar-refractivity contribution in [3.8, 4) is 0 Å². The van der Waals surface area contributed by atoms with Gasteiger partial charge in [-0.2, -0.15) is 0 Å². The van der Waals surface area contributed by atoms with E-state index in [4.69, 9.17) is 0 Å². The second kappa shape index (κ2) is 4.76. The maximum absolute atomic E-state index is 4.53. The summed E-state index contributed by atoms with van der Waals surface area (Å²) < 4.78 is 0.236. The van der Waals surface area contributed by atoms with Crippen molar-refractivity contribution in [2.75, 3.05) is 6.54 Å². The first kappa shape index (κ1) is 11.9. The number of hydrogen-bond donors (Lipinski definition) is 1. The summed E-state index contributed by atoms with van der Waals surface area (Å²) in [5, 5.41) is 4.61. The molecule has 0 bridgehead atoms. The minimum absolute atomic E-state index is 0.236. The molecular formula is C13H20N2S. The summed E-state index contributed by atoms with van der Waals surface area (Å²) in [5.74, 6) is 0. The largest absolute Gasteiger partial charge is 0.310 e. The fourth-order valence-electron chi connectivity index (χ4n) is 1.94. The Labute approximate surface area is 102 Å². The van der Waals surface area contributed by atoms with E-state index >= 15 is 0 Å². The number of nitrogens with one attached hydrogen (secondary N) is 1. The number of thioether (sulfide) groups is 1. The van der Waals surface area contributed by atoms with Crippen molar-refractivity contribution in [1.29, 1.82) is 0 Å². The van der Waals surface area contributed by atoms with E-state index in [1.165, 1.54) is 18.4 Å². The third kappa shape index (κ3) is 3.22. The zero-order chi connectivity index (χ0) is 11.6. The Bertz CT molecular complexity index is 334. The van der Waals surface area contributed by atoms with Gasteiger partial charge >= 0.3 is 0 Å². The van der Waals surface area contributed by atoms with E-state index in [2.05, 4.69) is 43.2 Å². The molecule has 0 radical (unpaired) electrons. The standard InChI is InChI=1S/C13H20N2S/c1-13(2,3)16-12-7-6-10(9-15-12)11-5-4-8-14-11/h6-7,9,11,14H,4-5,8H2,1-3H3/t11-/m0/s1. The highest BCUT2D eigenvalue weighted by molar-refractivity contribution is 8.00. The Morgan fingerprint density at radius 3 is 2.69 bits per heavy atom. The zero-order valence-electron chi connectivity index (χ0n) is 10.3. The van der Waals surface area contributed by atoms with Gasteiger partial charge in [0.25, 0.3) is 0 Å². The average Bonchev–Trinajstić information content (AvgIpc) is 2.69. The van der Waals surface area contributed by atoms with Crippen LogP contribution >= 0.6 is 11.8 Å². The normalized spacial score (nSPS) is 21.3. The fourth-order valence-corrected chi connectivity index (χ4v) is 2.81. The summed E-state index contributed by atoms with van der Waals surface area (Å²) in [6.07, 6.45) is 4.55. The summed E-state index contributed by atoms with van der Waals surface area (Å²) in [5.41, 5.74) is 1.33. The van der Waals surface area contributed by atoms with Crippen molar-refractivity contribution in [2.24, 2.45) is 0 Å². The van der Waals surface area contributed by atoms with Crippen LogP contribution < -0.4 is 5.32 Å². The number of aromatic nitrogens is 1. The lowest BCUT2D eigenvalue weighted by molar-refractivity contribution is 0.643. The topological polar surface area (TPSA) is 24.9 Å². The molecule has 1 fully saturated rings. The zero-order valence-corrected chi connectivity index (χ0v) is 11.1. The molecule has 0 saturated carbocycles. The van der Waals surface area contributed by atoms with E-state index in [-0.39, 0.29) is 4.75 Å². The molecule has 0 unspecified atom stereocenters. The van der Waals surface area contributed by atoms with Gasteiger partial charge in [-0.15, -0.1) is 11.8 Å². The van der Waals surface area contributed by atoms with Crippen LogP contribution in [-0.4, -0.2) is 16.3 Å². The molecule has 3 heteroatoms. The van der Waals surface area contributed by atoms with E-state index in [9.17, 15) is 0 Å². The first-order valence-corrected chi connectivity index (χ1v) is 6.75. The minimum Gasteiger partial charge on any atom is -0.310 e. The lowest BCUT2D eigenvalue weighted by Crippen LogP contribution is -2.13. The Morgan fingerprint density at radius 1 is 1.38 bits per heavy atom. The van der Waals surface area contributed by atoms with Gasteiger partial charge in [-0.1, -0.05) is 26.8 Å². The van der Waals surface area contributed by atoms with Gasteiger partial charge in [0.2, 0.25) is 0 Å². The molecule has 0 amide bonds. The molecule has 0 aliphatic carbocycles. The number of hydrogen-bond acceptors (Lipinski definition) is 3. The van der Waals surface area contributed by atoms with E-state index < -0.39 is 0 Å². The van der Waals surface area contributed by atoms with E-state index in [1.807, 2.05) is 18.0 Å². The second-order valence-corrected chi connectivity index (χ2v) is 7.14. The lowest BCUT2D eigenvalue weighted by atomic mass is 10.1. The minimum atomic E-state index is 0.236. The van der Waals surface area contributed by atoms with Gasteiger partial charge < -0.3 is 5.32 Å².